The third-order valence-corrected chi connectivity index (χ3v) is 3.41. The van der Waals surface area contributed by atoms with Gasteiger partial charge in [0.15, 0.2) is 6.73 Å². The molecule has 118 valence electrons. The number of nitro benzene ring substituents is 1. The van der Waals surface area contributed by atoms with Crippen molar-refractivity contribution in [1.29, 1.82) is 0 Å². The number of hydrogen-bond donors (Lipinski definition) is 1. The summed E-state index contributed by atoms with van der Waals surface area (Å²) in [6.45, 7) is 0.276. The molecule has 0 saturated carbocycles. The molecule has 1 heterocycles. The molecule has 3 rings (SSSR count). The number of benzene rings is 2. The van der Waals surface area contributed by atoms with E-state index >= 15 is 0 Å². The van der Waals surface area contributed by atoms with Crippen molar-refractivity contribution in [3.63, 3.8) is 0 Å². The first-order chi connectivity index (χ1) is 11.1. The summed E-state index contributed by atoms with van der Waals surface area (Å²) in [6.07, 6.45) is 1.95. The topological polar surface area (TPSA) is 70.9 Å². The Balaban J connectivity index is 1.63. The van der Waals surface area contributed by atoms with Gasteiger partial charge in [-0.15, -0.1) is 5.53 Å². The Hall–Kier alpha value is -3.06. The Kier molecular flexibility index (Phi) is 4.11. The summed E-state index contributed by atoms with van der Waals surface area (Å²) in [6, 6.07) is 16.0. The monoisotopic (exact) mass is 312 g/mol. The van der Waals surface area contributed by atoms with E-state index < -0.39 is 4.92 Å². The largest absolute Gasteiger partial charge is 0.472 e. The molecule has 2 aromatic rings. The van der Waals surface area contributed by atoms with Crippen LogP contribution in [0.2, 0.25) is 0 Å². The van der Waals surface area contributed by atoms with Gasteiger partial charge in [-0.05, 0) is 12.1 Å². The summed E-state index contributed by atoms with van der Waals surface area (Å²) >= 11 is 0. The third-order valence-electron chi connectivity index (χ3n) is 3.41. The van der Waals surface area contributed by atoms with Gasteiger partial charge < -0.3 is 4.74 Å². The van der Waals surface area contributed by atoms with Crippen molar-refractivity contribution in [2.24, 2.45) is 0 Å². The molecule has 1 aliphatic rings. The van der Waals surface area contributed by atoms with Crippen molar-refractivity contribution in [1.82, 2.24) is 15.6 Å². The van der Waals surface area contributed by atoms with E-state index in [2.05, 4.69) is 5.53 Å². The van der Waals surface area contributed by atoms with Gasteiger partial charge in [-0.1, -0.05) is 30.3 Å². The van der Waals surface area contributed by atoms with Crippen molar-refractivity contribution < 1.29 is 9.66 Å². The first-order valence-corrected chi connectivity index (χ1v) is 7.04. The van der Waals surface area contributed by atoms with E-state index in [1.165, 1.54) is 12.1 Å². The SMILES string of the molecule is CN1NN(COc2ccc([N+](=O)[O-])cc2)C=C1c1ccccc1. The van der Waals surface area contributed by atoms with Crippen molar-refractivity contribution in [3.8, 4) is 5.75 Å². The van der Waals surface area contributed by atoms with E-state index in [1.54, 1.807) is 17.1 Å². The number of hydrazine groups is 2. The minimum atomic E-state index is -0.435. The number of nitrogens with one attached hydrogen (secondary N) is 1. The average Bonchev–Trinajstić information content (AvgIpc) is 2.95. The van der Waals surface area contributed by atoms with Gasteiger partial charge in [-0.2, -0.15) is 0 Å². The van der Waals surface area contributed by atoms with E-state index in [0.717, 1.165) is 11.3 Å². The molecule has 0 radical (unpaired) electrons. The molecule has 0 fully saturated rings. The Morgan fingerprint density at radius 3 is 2.48 bits per heavy atom. The molecular weight excluding hydrogens is 296 g/mol. The van der Waals surface area contributed by atoms with Crippen LogP contribution in [0.1, 0.15) is 5.56 Å². The Bertz CT molecular complexity index is 716. The maximum absolute atomic E-state index is 10.6. The lowest BCUT2D eigenvalue weighted by molar-refractivity contribution is -0.384. The van der Waals surface area contributed by atoms with Crippen molar-refractivity contribution in [2.75, 3.05) is 13.8 Å². The van der Waals surface area contributed by atoms with Crippen molar-refractivity contribution in [2.45, 2.75) is 0 Å². The van der Waals surface area contributed by atoms with Crippen LogP contribution < -0.4 is 10.3 Å². The Morgan fingerprint density at radius 1 is 1.13 bits per heavy atom. The second kappa shape index (κ2) is 6.37. The molecule has 0 bridgehead atoms. The zero-order chi connectivity index (χ0) is 16.2. The van der Waals surface area contributed by atoms with Gasteiger partial charge in [0.1, 0.15) is 5.75 Å². The third kappa shape index (κ3) is 3.41. The summed E-state index contributed by atoms with van der Waals surface area (Å²) in [5, 5.41) is 14.3. The van der Waals surface area contributed by atoms with E-state index in [0.29, 0.717) is 5.75 Å². The van der Waals surface area contributed by atoms with Gasteiger partial charge in [0.2, 0.25) is 0 Å². The van der Waals surface area contributed by atoms with E-state index in [1.807, 2.05) is 48.6 Å². The fourth-order valence-corrected chi connectivity index (χ4v) is 2.26. The van der Waals surface area contributed by atoms with Gasteiger partial charge in [0.05, 0.1) is 10.6 Å². The smallest absolute Gasteiger partial charge is 0.269 e. The summed E-state index contributed by atoms with van der Waals surface area (Å²) in [7, 11) is 1.92. The van der Waals surface area contributed by atoms with Crippen LogP contribution >= 0.6 is 0 Å². The first kappa shape index (κ1) is 14.9. The van der Waals surface area contributed by atoms with E-state index in [-0.39, 0.29) is 12.4 Å². The highest BCUT2D eigenvalue weighted by Gasteiger charge is 2.18. The maximum atomic E-state index is 10.6. The lowest BCUT2D eigenvalue weighted by Crippen LogP contribution is -2.39. The van der Waals surface area contributed by atoms with Crippen molar-refractivity contribution >= 4 is 11.4 Å². The van der Waals surface area contributed by atoms with Crippen LogP contribution in [0.4, 0.5) is 5.69 Å². The average molecular weight is 312 g/mol. The van der Waals surface area contributed by atoms with Crippen LogP contribution in [0, 0.1) is 10.1 Å². The Labute approximate surface area is 133 Å². The molecule has 1 aliphatic heterocycles. The lowest BCUT2D eigenvalue weighted by atomic mass is 10.2. The van der Waals surface area contributed by atoms with E-state index in [9.17, 15) is 10.1 Å². The maximum Gasteiger partial charge on any atom is 0.269 e. The van der Waals surface area contributed by atoms with Crippen LogP contribution in [0.25, 0.3) is 5.70 Å². The molecule has 23 heavy (non-hydrogen) atoms. The molecule has 0 atom stereocenters. The number of nitrogens with zero attached hydrogens (tertiary/aromatic N) is 3. The highest BCUT2D eigenvalue weighted by Crippen LogP contribution is 2.22. The Morgan fingerprint density at radius 2 is 1.83 bits per heavy atom. The minimum absolute atomic E-state index is 0.0441. The molecule has 1 N–H and O–H groups in total. The molecule has 0 saturated heterocycles. The summed E-state index contributed by atoms with van der Waals surface area (Å²) in [5.74, 6) is 0.571. The molecule has 0 spiro atoms. The van der Waals surface area contributed by atoms with E-state index in [4.69, 9.17) is 4.74 Å². The van der Waals surface area contributed by atoms with Gasteiger partial charge in [-0.3, -0.25) is 20.1 Å². The molecule has 7 nitrogen and oxygen atoms in total. The number of ether oxygens (including phenoxy) is 1. The number of nitro groups is 1. The zero-order valence-corrected chi connectivity index (χ0v) is 12.5. The van der Waals surface area contributed by atoms with Crippen LogP contribution in [0.15, 0.2) is 60.8 Å². The predicted molar refractivity (Wildman–Crippen MR) is 85.7 cm³/mol. The molecule has 0 amide bonds. The molecule has 0 unspecified atom stereocenters. The lowest BCUT2D eigenvalue weighted by Gasteiger charge is -2.20. The summed E-state index contributed by atoms with van der Waals surface area (Å²) < 4.78 is 5.63. The van der Waals surface area contributed by atoms with Gasteiger partial charge in [-0.25, -0.2) is 0 Å². The quantitative estimate of drug-likeness (QED) is 0.676. The summed E-state index contributed by atoms with van der Waals surface area (Å²) in [5.41, 5.74) is 5.31. The highest BCUT2D eigenvalue weighted by molar-refractivity contribution is 5.64. The summed E-state index contributed by atoms with van der Waals surface area (Å²) in [4.78, 5) is 10.2. The van der Waals surface area contributed by atoms with Crippen LogP contribution in [0.5, 0.6) is 5.75 Å². The first-order valence-electron chi connectivity index (χ1n) is 7.04. The van der Waals surface area contributed by atoms with Crippen LogP contribution in [-0.4, -0.2) is 28.7 Å². The van der Waals surface area contributed by atoms with Crippen LogP contribution in [-0.2, 0) is 0 Å². The number of non-ortho nitro benzene ring substituents is 1. The second-order valence-corrected chi connectivity index (χ2v) is 5.03. The predicted octanol–water partition coefficient (Wildman–Crippen LogP) is 2.60. The van der Waals surface area contributed by atoms with Gasteiger partial charge in [0.25, 0.3) is 5.69 Å². The number of hydrogen-bond acceptors (Lipinski definition) is 6. The highest BCUT2D eigenvalue weighted by atomic mass is 16.6. The number of rotatable bonds is 5. The molecule has 2 aromatic carbocycles. The van der Waals surface area contributed by atoms with Crippen molar-refractivity contribution in [3.05, 3.63) is 76.5 Å². The molecular formula is C16H16N4O3. The molecule has 0 aliphatic carbocycles. The normalized spacial score (nSPS) is 13.9. The fraction of sp³-hybridized carbons (Fsp3) is 0.125. The zero-order valence-electron chi connectivity index (χ0n) is 12.5. The van der Waals surface area contributed by atoms with Gasteiger partial charge in [0, 0.05) is 30.9 Å². The van der Waals surface area contributed by atoms with Gasteiger partial charge >= 0.3 is 0 Å². The molecule has 0 aromatic heterocycles. The molecule has 7 heteroatoms. The fourth-order valence-electron chi connectivity index (χ4n) is 2.26. The standard InChI is InChI=1S/C16H16N4O3/c1-18-16(13-5-3-2-4-6-13)11-19(17-18)12-23-15-9-7-14(8-10-15)20(21)22/h2-11,17H,12H2,1H3. The minimum Gasteiger partial charge on any atom is -0.472 e. The van der Waals surface area contributed by atoms with Crippen LogP contribution in [0.3, 0.4) is 0 Å². The second-order valence-electron chi connectivity index (χ2n) is 5.03.